The molecule has 0 aliphatic rings. The van der Waals surface area contributed by atoms with Crippen molar-refractivity contribution in [2.45, 2.75) is 59.7 Å². The Morgan fingerprint density at radius 2 is 1.13 bits per heavy atom. The maximum atomic E-state index is 10.5. The summed E-state index contributed by atoms with van der Waals surface area (Å²) in [5, 5.41) is 10.5. The fourth-order valence-electron chi connectivity index (χ4n) is 8.31. The van der Waals surface area contributed by atoms with Gasteiger partial charge in [-0.05, 0) is 106 Å². The average molecular weight is 1050 g/mol. The molecule has 0 spiro atoms. The van der Waals surface area contributed by atoms with E-state index in [0.29, 0.717) is 16.8 Å². The van der Waals surface area contributed by atoms with Gasteiger partial charge in [0.1, 0.15) is 0 Å². The Hall–Kier alpha value is -7.09. The molecule has 9 rings (SSSR count). The van der Waals surface area contributed by atoms with E-state index in [4.69, 9.17) is 6.85 Å². The normalized spacial score (nSPS) is 12.7. The van der Waals surface area contributed by atoms with Crippen molar-refractivity contribution in [3.63, 3.8) is 0 Å². The van der Waals surface area contributed by atoms with Crippen LogP contribution in [0.4, 0.5) is 0 Å². The van der Waals surface area contributed by atoms with Crippen LogP contribution in [0.2, 0.25) is 0 Å². The van der Waals surface area contributed by atoms with Crippen molar-refractivity contribution >= 4 is 0 Å². The van der Waals surface area contributed by atoms with Gasteiger partial charge in [0.25, 0.3) is 0 Å². The molecule has 0 fully saturated rings. The molecule has 0 unspecified atom stereocenters. The molecule has 3 heterocycles. The minimum Gasteiger partial charge on any atom is -0.305 e. The van der Waals surface area contributed by atoms with Crippen molar-refractivity contribution in [1.82, 2.24) is 15.0 Å². The van der Waals surface area contributed by atoms with E-state index >= 15 is 0 Å². The van der Waals surface area contributed by atoms with E-state index in [1.54, 1.807) is 36.7 Å². The summed E-state index contributed by atoms with van der Waals surface area (Å²) in [6, 6.07) is 64.9. The topological polar surface area (TPSA) is 62.5 Å². The molecule has 328 valence electrons. The molecule has 67 heavy (non-hydrogen) atoms. The molecule has 9 aromatic rings. The van der Waals surface area contributed by atoms with Crippen LogP contribution < -0.4 is 0 Å². The number of aromatic nitrogens is 3. The Kier molecular flexibility index (Phi) is 12.6. The first-order valence-corrected chi connectivity index (χ1v) is 22.3. The molecule has 0 N–H and O–H groups in total. The minimum absolute atomic E-state index is 0. The van der Waals surface area contributed by atoms with E-state index in [0.717, 1.165) is 81.6 Å². The molecule has 0 aliphatic heterocycles. The quantitative estimate of drug-likeness (QED) is 0.108. The van der Waals surface area contributed by atoms with Crippen molar-refractivity contribution in [2.24, 2.45) is 5.41 Å². The van der Waals surface area contributed by atoms with Crippen molar-refractivity contribution in [1.29, 1.82) is 5.26 Å². The number of hydrogen-bond acceptors (Lipinski definition) is 4. The number of benzene rings is 6. The van der Waals surface area contributed by atoms with Gasteiger partial charge in [0.15, 0.2) is 0 Å². The van der Waals surface area contributed by atoms with Crippen LogP contribution in [0.25, 0.3) is 67.2 Å². The number of rotatable bonds is 13. The van der Waals surface area contributed by atoms with Gasteiger partial charge in [-0.3, -0.25) is 0 Å². The molecular formula is C62H51IrN4. The van der Waals surface area contributed by atoms with Crippen LogP contribution in [-0.4, -0.2) is 15.0 Å². The standard InChI is InChI=1S/C62H51N4.Ir/c1-43-15-32-61(66-42-43)51-30-31-57(58(39-51)50-28-29-52(40-62(2,3)4)54(38-50)41-63)56-12-6-5-11-55(56)53-36-46(18-16-44-20-24-48(25-21-44)59-13-7-9-33-64-59)35-47(37-53)19-17-45-22-26-49(27-23-45)60-14-8-10-34-65-60;/h5-15,20-24,26,28-29,31-39,42H,16-19,40H2,1-4H3;/q-3;+3/i1D3,40D2;. The second-order valence-corrected chi connectivity index (χ2v) is 17.6. The largest absolute Gasteiger partial charge is 3.00 e. The van der Waals surface area contributed by atoms with Gasteiger partial charge in [-0.2, -0.15) is 5.26 Å². The molecule has 6 aromatic carbocycles. The van der Waals surface area contributed by atoms with E-state index in [1.165, 1.54) is 28.5 Å². The Labute approximate surface area is 416 Å². The van der Waals surface area contributed by atoms with Crippen LogP contribution in [-0.2, 0) is 52.2 Å². The molecular weight excluding hydrogens is 993 g/mol. The third-order valence-electron chi connectivity index (χ3n) is 11.6. The summed E-state index contributed by atoms with van der Waals surface area (Å²) in [6.07, 6.45) is 6.43. The first-order valence-electron chi connectivity index (χ1n) is 24.8. The van der Waals surface area contributed by atoms with E-state index < -0.39 is 18.6 Å². The molecule has 0 saturated carbocycles. The number of nitrogens with zero attached hydrogens (tertiary/aromatic N) is 4. The van der Waals surface area contributed by atoms with Crippen LogP contribution in [0.5, 0.6) is 0 Å². The molecule has 0 aliphatic carbocycles. The first-order chi connectivity index (χ1) is 34.1. The molecule has 0 saturated heterocycles. The van der Waals surface area contributed by atoms with Crippen molar-refractivity contribution < 1.29 is 27.0 Å². The Balaban J connectivity index is 0.00000693. The van der Waals surface area contributed by atoms with Gasteiger partial charge in [-0.1, -0.05) is 141 Å². The van der Waals surface area contributed by atoms with E-state index in [-0.39, 0.29) is 31.2 Å². The van der Waals surface area contributed by atoms with Gasteiger partial charge in [-0.15, -0.1) is 94.5 Å². The molecule has 0 radical (unpaired) electrons. The van der Waals surface area contributed by atoms with Gasteiger partial charge in [0.2, 0.25) is 0 Å². The Bertz CT molecular complexity index is 3240. The van der Waals surface area contributed by atoms with Gasteiger partial charge in [0.05, 0.1) is 11.6 Å². The average Bonchev–Trinajstić information content (AvgIpc) is 3.39. The summed E-state index contributed by atoms with van der Waals surface area (Å²) in [5.74, 6) is 0. The van der Waals surface area contributed by atoms with Gasteiger partial charge >= 0.3 is 20.1 Å². The van der Waals surface area contributed by atoms with Gasteiger partial charge in [-0.25, -0.2) is 0 Å². The third kappa shape index (κ3) is 11.5. The molecule has 3 aromatic heterocycles. The van der Waals surface area contributed by atoms with Crippen molar-refractivity contribution in [2.75, 3.05) is 0 Å². The number of pyridine rings is 3. The Morgan fingerprint density at radius 3 is 1.67 bits per heavy atom. The molecule has 5 heteroatoms. The SMILES string of the molecule is [2H]C([2H])([2H])c1ccc(-c2[c-]cc(-c3ccccc3-c3cc(CCc4c[c-]c(-c5ccccn5)cc4)cc(CCc4c[c-]c(-c5ccccn5)cc4)c3)c(-c3ccc(C([2H])([2H])C(C)(C)C)c(C#N)c3)c2)nc1.[Ir+3]. The van der Waals surface area contributed by atoms with Gasteiger partial charge in [0, 0.05) is 25.4 Å². The van der Waals surface area contributed by atoms with Crippen LogP contribution in [0, 0.1) is 41.8 Å². The predicted molar refractivity (Wildman–Crippen MR) is 269 cm³/mol. The Morgan fingerprint density at radius 1 is 0.537 bits per heavy atom. The van der Waals surface area contributed by atoms with E-state index in [9.17, 15) is 5.26 Å². The summed E-state index contributed by atoms with van der Waals surface area (Å²) >= 11 is 0. The zero-order chi connectivity index (χ0) is 49.8. The summed E-state index contributed by atoms with van der Waals surface area (Å²) in [6.45, 7) is 3.20. The summed E-state index contributed by atoms with van der Waals surface area (Å²) in [7, 11) is 0. The van der Waals surface area contributed by atoms with Crippen molar-refractivity contribution in [3.8, 4) is 73.2 Å². The summed E-state index contributed by atoms with van der Waals surface area (Å²) < 4.78 is 41.8. The minimum atomic E-state index is -2.30. The smallest absolute Gasteiger partial charge is 0.305 e. The summed E-state index contributed by atoms with van der Waals surface area (Å²) in [4.78, 5) is 13.6. The molecule has 0 atom stereocenters. The first kappa shape index (κ1) is 40.2. The fraction of sp³-hybridized carbons (Fsp3) is 0.161. The molecule has 0 bridgehead atoms. The second-order valence-electron chi connectivity index (χ2n) is 17.6. The fourth-order valence-corrected chi connectivity index (χ4v) is 8.31. The van der Waals surface area contributed by atoms with Crippen LogP contribution in [0.3, 0.4) is 0 Å². The van der Waals surface area contributed by atoms with Gasteiger partial charge < -0.3 is 15.0 Å². The van der Waals surface area contributed by atoms with Crippen molar-refractivity contribution in [3.05, 3.63) is 233 Å². The van der Waals surface area contributed by atoms with Crippen LogP contribution in [0.15, 0.2) is 176 Å². The third-order valence-corrected chi connectivity index (χ3v) is 11.6. The maximum Gasteiger partial charge on any atom is 3.00 e. The molecule has 4 nitrogen and oxygen atoms in total. The monoisotopic (exact) mass is 1050 g/mol. The van der Waals surface area contributed by atoms with Crippen LogP contribution >= 0.6 is 0 Å². The zero-order valence-corrected chi connectivity index (χ0v) is 40.1. The second kappa shape index (κ2) is 21.0. The zero-order valence-electron chi connectivity index (χ0n) is 42.7. The number of aryl methyl sites for hydroxylation is 5. The van der Waals surface area contributed by atoms with Crippen LogP contribution in [0.1, 0.15) is 66.6 Å². The maximum absolute atomic E-state index is 10.5. The van der Waals surface area contributed by atoms with E-state index in [1.807, 2.05) is 81.4 Å². The van der Waals surface area contributed by atoms with E-state index in [2.05, 4.69) is 112 Å². The predicted octanol–water partition coefficient (Wildman–Crippen LogP) is 14.6. The molecule has 0 amide bonds. The number of hydrogen-bond donors (Lipinski definition) is 0. The summed E-state index contributed by atoms with van der Waals surface area (Å²) in [5.41, 5.74) is 15.0. The number of nitriles is 1.